The van der Waals surface area contributed by atoms with Crippen LogP contribution in [0.3, 0.4) is 0 Å². The van der Waals surface area contributed by atoms with Crippen molar-refractivity contribution in [1.29, 1.82) is 0 Å². The molecule has 2 rings (SSSR count). The van der Waals surface area contributed by atoms with E-state index in [0.717, 1.165) is 16.1 Å². The highest BCUT2D eigenvalue weighted by Gasteiger charge is 2.15. The highest BCUT2D eigenvalue weighted by molar-refractivity contribution is 8.00. The zero-order chi connectivity index (χ0) is 18.2. The number of anilines is 1. The number of nitrogens with two attached hydrogens (primary N) is 1. The lowest BCUT2D eigenvalue weighted by atomic mass is 10.1. The van der Waals surface area contributed by atoms with Crippen LogP contribution in [0.15, 0.2) is 59.5 Å². The topological polar surface area (TPSA) is 84.2 Å². The zero-order valence-electron chi connectivity index (χ0n) is 14.4. The lowest BCUT2D eigenvalue weighted by molar-refractivity contribution is -0.120. The third-order valence-corrected chi connectivity index (χ3v) is 4.69. The fourth-order valence-corrected chi connectivity index (χ4v) is 3.14. The summed E-state index contributed by atoms with van der Waals surface area (Å²) in [6.07, 6.45) is 0. The largest absolute Gasteiger partial charge is 0.353 e. The lowest BCUT2D eigenvalue weighted by Crippen LogP contribution is -2.36. The Balaban J connectivity index is 1.82. The number of rotatable bonds is 7. The van der Waals surface area contributed by atoms with E-state index in [2.05, 4.69) is 10.6 Å². The Hall–Kier alpha value is -2.31. The predicted molar refractivity (Wildman–Crippen MR) is 102 cm³/mol. The molecule has 2 aromatic carbocycles. The minimum absolute atomic E-state index is 0.0534. The summed E-state index contributed by atoms with van der Waals surface area (Å²) in [6, 6.07) is 16.9. The molecule has 0 fully saturated rings. The van der Waals surface area contributed by atoms with Gasteiger partial charge in [0.25, 0.3) is 0 Å². The second-order valence-corrected chi connectivity index (χ2v) is 7.14. The van der Waals surface area contributed by atoms with E-state index in [9.17, 15) is 9.59 Å². The quantitative estimate of drug-likeness (QED) is 0.665. The summed E-state index contributed by atoms with van der Waals surface area (Å²) >= 11 is 1.46. The molecule has 0 aromatic heterocycles. The Morgan fingerprint density at radius 3 is 2.32 bits per heavy atom. The van der Waals surface area contributed by atoms with Crippen LogP contribution in [0.2, 0.25) is 0 Å². The molecule has 132 valence electrons. The first-order valence-corrected chi connectivity index (χ1v) is 8.96. The summed E-state index contributed by atoms with van der Waals surface area (Å²) in [5, 5.41) is 5.37. The fraction of sp³-hybridized carbons (Fsp3) is 0.263. The van der Waals surface area contributed by atoms with E-state index in [4.69, 9.17) is 5.73 Å². The van der Waals surface area contributed by atoms with E-state index in [1.165, 1.54) is 18.7 Å². The molecule has 0 aliphatic carbocycles. The van der Waals surface area contributed by atoms with E-state index in [1.54, 1.807) is 0 Å². The van der Waals surface area contributed by atoms with Crippen molar-refractivity contribution in [2.24, 2.45) is 5.73 Å². The minimum atomic E-state index is -0.241. The maximum absolute atomic E-state index is 12.3. The summed E-state index contributed by atoms with van der Waals surface area (Å²) < 4.78 is 0. The average Bonchev–Trinajstić information content (AvgIpc) is 2.61. The minimum Gasteiger partial charge on any atom is -0.353 e. The molecule has 0 spiro atoms. The van der Waals surface area contributed by atoms with Gasteiger partial charge in [-0.05, 0) is 36.8 Å². The second-order valence-electron chi connectivity index (χ2n) is 5.73. The second kappa shape index (κ2) is 9.25. The normalized spacial score (nSPS) is 12.9. The number of carbonyl (C=O) groups is 2. The molecule has 6 heteroatoms. The first-order valence-electron chi connectivity index (χ1n) is 8.08. The zero-order valence-corrected chi connectivity index (χ0v) is 15.2. The number of hydrogen-bond acceptors (Lipinski definition) is 4. The van der Waals surface area contributed by atoms with Crippen LogP contribution in [0.1, 0.15) is 25.5 Å². The molecule has 0 bridgehead atoms. The smallest absolute Gasteiger partial charge is 0.233 e. The average molecular weight is 357 g/mol. The van der Waals surface area contributed by atoms with Crippen LogP contribution in [-0.4, -0.2) is 23.6 Å². The Morgan fingerprint density at radius 1 is 1.08 bits per heavy atom. The SMILES string of the molecule is CC(=O)Nc1ccc(SC(C)C(=O)NCC(N)c2ccccc2)cc1. The van der Waals surface area contributed by atoms with Crippen LogP contribution in [0.25, 0.3) is 0 Å². The number of benzene rings is 2. The Kier molecular flexibility index (Phi) is 7.03. The number of hydrogen-bond donors (Lipinski definition) is 3. The van der Waals surface area contributed by atoms with Gasteiger partial charge in [0, 0.05) is 30.1 Å². The van der Waals surface area contributed by atoms with Crippen LogP contribution >= 0.6 is 11.8 Å². The third-order valence-electron chi connectivity index (χ3n) is 3.58. The molecule has 2 amide bonds. The molecular weight excluding hydrogens is 334 g/mol. The fourth-order valence-electron chi connectivity index (χ4n) is 2.25. The summed E-state index contributed by atoms with van der Waals surface area (Å²) in [4.78, 5) is 24.2. The van der Waals surface area contributed by atoms with Crippen molar-refractivity contribution in [3.63, 3.8) is 0 Å². The Labute approximate surface area is 152 Å². The molecule has 0 heterocycles. The maximum atomic E-state index is 12.3. The molecule has 25 heavy (non-hydrogen) atoms. The van der Waals surface area contributed by atoms with Crippen molar-refractivity contribution >= 4 is 29.3 Å². The Bertz CT molecular complexity index is 704. The highest BCUT2D eigenvalue weighted by Crippen LogP contribution is 2.25. The molecule has 0 aliphatic heterocycles. The van der Waals surface area contributed by atoms with Crippen LogP contribution in [0.5, 0.6) is 0 Å². The highest BCUT2D eigenvalue weighted by atomic mass is 32.2. The van der Waals surface area contributed by atoms with Gasteiger partial charge in [0.2, 0.25) is 11.8 Å². The van der Waals surface area contributed by atoms with Crippen molar-refractivity contribution < 1.29 is 9.59 Å². The molecule has 2 atom stereocenters. The van der Waals surface area contributed by atoms with Gasteiger partial charge >= 0.3 is 0 Å². The van der Waals surface area contributed by atoms with E-state index in [-0.39, 0.29) is 23.1 Å². The third kappa shape index (κ3) is 6.25. The predicted octanol–water partition coefficient (Wildman–Crippen LogP) is 2.94. The van der Waals surface area contributed by atoms with Gasteiger partial charge in [0.1, 0.15) is 0 Å². The van der Waals surface area contributed by atoms with Crippen LogP contribution in [0.4, 0.5) is 5.69 Å². The lowest BCUT2D eigenvalue weighted by Gasteiger charge is -2.16. The monoisotopic (exact) mass is 357 g/mol. The maximum Gasteiger partial charge on any atom is 0.233 e. The van der Waals surface area contributed by atoms with Crippen LogP contribution in [-0.2, 0) is 9.59 Å². The first-order chi connectivity index (χ1) is 12.0. The number of thioether (sulfide) groups is 1. The molecule has 4 N–H and O–H groups in total. The van der Waals surface area contributed by atoms with E-state index < -0.39 is 0 Å². The van der Waals surface area contributed by atoms with Crippen molar-refractivity contribution in [2.75, 3.05) is 11.9 Å². The molecule has 5 nitrogen and oxygen atoms in total. The van der Waals surface area contributed by atoms with E-state index >= 15 is 0 Å². The van der Waals surface area contributed by atoms with Crippen molar-refractivity contribution in [2.45, 2.75) is 30.0 Å². The van der Waals surface area contributed by atoms with E-state index in [1.807, 2.05) is 61.5 Å². The van der Waals surface area contributed by atoms with Gasteiger partial charge in [0.15, 0.2) is 0 Å². The van der Waals surface area contributed by atoms with Gasteiger partial charge in [-0.25, -0.2) is 0 Å². The van der Waals surface area contributed by atoms with Gasteiger partial charge in [-0.2, -0.15) is 0 Å². The van der Waals surface area contributed by atoms with Crippen LogP contribution < -0.4 is 16.4 Å². The number of nitrogens with one attached hydrogen (secondary N) is 2. The van der Waals surface area contributed by atoms with Crippen LogP contribution in [0, 0.1) is 0 Å². The van der Waals surface area contributed by atoms with Gasteiger partial charge in [-0.3, -0.25) is 9.59 Å². The molecular formula is C19H23N3O2S. The van der Waals surface area contributed by atoms with Crippen molar-refractivity contribution in [3.8, 4) is 0 Å². The molecule has 0 saturated carbocycles. The Morgan fingerprint density at radius 2 is 1.72 bits per heavy atom. The number of carbonyl (C=O) groups excluding carboxylic acids is 2. The summed E-state index contributed by atoms with van der Waals surface area (Å²) in [7, 11) is 0. The molecule has 2 aromatic rings. The van der Waals surface area contributed by atoms with Crippen molar-refractivity contribution in [3.05, 3.63) is 60.2 Å². The van der Waals surface area contributed by atoms with Gasteiger partial charge in [-0.15, -0.1) is 11.8 Å². The first kappa shape index (κ1) is 19.0. The van der Waals surface area contributed by atoms with Gasteiger partial charge < -0.3 is 16.4 Å². The summed E-state index contributed by atoms with van der Waals surface area (Å²) in [6.45, 7) is 3.72. The molecule has 0 saturated heterocycles. The van der Waals surface area contributed by atoms with Gasteiger partial charge in [-0.1, -0.05) is 30.3 Å². The van der Waals surface area contributed by atoms with Gasteiger partial charge in [0.05, 0.1) is 5.25 Å². The summed E-state index contributed by atoms with van der Waals surface area (Å²) in [5.41, 5.74) is 7.83. The molecule has 2 unspecified atom stereocenters. The van der Waals surface area contributed by atoms with E-state index in [0.29, 0.717) is 6.54 Å². The summed E-state index contributed by atoms with van der Waals surface area (Å²) in [5.74, 6) is -0.162. The molecule has 0 radical (unpaired) electrons. The molecule has 0 aliphatic rings. The standard InChI is InChI=1S/C19H23N3O2S/c1-13(25-17-10-8-16(9-11-17)22-14(2)23)19(24)21-12-18(20)15-6-4-3-5-7-15/h3-11,13,18H,12,20H2,1-2H3,(H,21,24)(H,22,23). The number of amides is 2. The van der Waals surface area contributed by atoms with Crippen molar-refractivity contribution in [1.82, 2.24) is 5.32 Å².